The number of carbonyl (C=O) groups is 3. The highest BCUT2D eigenvalue weighted by Gasteiger charge is 2.42. The van der Waals surface area contributed by atoms with Gasteiger partial charge >= 0.3 is 5.97 Å². The number of hydrogen-bond acceptors (Lipinski definition) is 6. The minimum absolute atomic E-state index is 0.0112. The Balaban J connectivity index is 1.88. The van der Waals surface area contributed by atoms with Crippen molar-refractivity contribution in [1.82, 2.24) is 4.90 Å². The Hall–Kier alpha value is -4.27. The van der Waals surface area contributed by atoms with Crippen LogP contribution in [-0.4, -0.2) is 44.2 Å². The molecule has 176 valence electrons. The Bertz CT molecular complexity index is 1140. The topological polar surface area (TPSA) is 138 Å². The van der Waals surface area contributed by atoms with E-state index in [9.17, 15) is 29.6 Å². The first-order valence-corrected chi connectivity index (χ1v) is 10.8. The number of ketones is 1. The van der Waals surface area contributed by atoms with Crippen LogP contribution in [0, 0.1) is 10.1 Å². The fourth-order valence-electron chi connectivity index (χ4n) is 3.82. The number of carboxylic acids is 1. The molecule has 2 aromatic rings. The third kappa shape index (κ3) is 5.74. The highest BCUT2D eigenvalue weighted by Crippen LogP contribution is 2.38. The molecule has 0 bridgehead atoms. The van der Waals surface area contributed by atoms with E-state index in [1.807, 2.05) is 18.2 Å². The first-order chi connectivity index (χ1) is 16.3. The van der Waals surface area contributed by atoms with Gasteiger partial charge in [-0.3, -0.25) is 24.5 Å². The number of nitro groups is 1. The zero-order valence-corrected chi connectivity index (χ0v) is 18.3. The molecule has 2 N–H and O–H groups in total. The van der Waals surface area contributed by atoms with Crippen LogP contribution >= 0.6 is 0 Å². The van der Waals surface area contributed by atoms with Crippen LogP contribution in [0.3, 0.4) is 0 Å². The van der Waals surface area contributed by atoms with E-state index in [0.29, 0.717) is 24.8 Å². The quantitative estimate of drug-likeness (QED) is 0.220. The van der Waals surface area contributed by atoms with E-state index < -0.39 is 34.4 Å². The molecule has 2 aromatic carbocycles. The van der Waals surface area contributed by atoms with Crippen LogP contribution in [0.25, 0.3) is 6.08 Å². The standard InChI is InChI=1S/C25H24N2O7/c28-20(15-10-17-7-3-1-4-8-17)22-23(18-11-13-19(14-12-18)27(33)34)26(25(32)24(22)31)16-6-2-5-9-21(29)30/h1,3-4,7-8,10-15,23,31H,2,5-6,9,16H2,(H,29,30)/b15-10+/t23-/m1/s1. The normalized spacial score (nSPS) is 15.8. The van der Waals surface area contributed by atoms with Crippen molar-refractivity contribution in [3.05, 3.63) is 93.2 Å². The predicted octanol–water partition coefficient (Wildman–Crippen LogP) is 4.22. The van der Waals surface area contributed by atoms with Crippen LogP contribution in [0.4, 0.5) is 5.69 Å². The van der Waals surface area contributed by atoms with E-state index in [0.717, 1.165) is 5.56 Å². The summed E-state index contributed by atoms with van der Waals surface area (Å²) >= 11 is 0. The molecule has 1 aliphatic rings. The van der Waals surface area contributed by atoms with Crippen molar-refractivity contribution in [2.75, 3.05) is 6.54 Å². The largest absolute Gasteiger partial charge is 0.503 e. The SMILES string of the molecule is O=C(O)CCCCCN1C(=O)C(O)=C(C(=O)/C=C/c2ccccc2)[C@H]1c1ccc([N+](=O)[O-])cc1. The molecule has 0 saturated carbocycles. The zero-order chi connectivity index (χ0) is 24.7. The van der Waals surface area contributed by atoms with Crippen molar-refractivity contribution in [2.45, 2.75) is 31.7 Å². The summed E-state index contributed by atoms with van der Waals surface area (Å²) in [6.07, 6.45) is 4.32. The molecule has 1 aliphatic heterocycles. The van der Waals surface area contributed by atoms with Gasteiger partial charge in [0.15, 0.2) is 11.5 Å². The predicted molar refractivity (Wildman–Crippen MR) is 124 cm³/mol. The van der Waals surface area contributed by atoms with Crippen molar-refractivity contribution in [2.24, 2.45) is 0 Å². The lowest BCUT2D eigenvalue weighted by molar-refractivity contribution is -0.384. The Morgan fingerprint density at radius 3 is 2.32 bits per heavy atom. The van der Waals surface area contributed by atoms with Gasteiger partial charge in [0.2, 0.25) is 0 Å². The van der Waals surface area contributed by atoms with Crippen LogP contribution in [-0.2, 0) is 14.4 Å². The van der Waals surface area contributed by atoms with Crippen LogP contribution in [0.1, 0.15) is 42.9 Å². The summed E-state index contributed by atoms with van der Waals surface area (Å²) in [5.74, 6) is -2.82. The van der Waals surface area contributed by atoms with Gasteiger partial charge in [0, 0.05) is 25.1 Å². The Morgan fingerprint density at radius 1 is 1.03 bits per heavy atom. The van der Waals surface area contributed by atoms with E-state index in [-0.39, 0.29) is 24.2 Å². The number of unbranched alkanes of at least 4 members (excludes halogenated alkanes) is 2. The number of hydrogen-bond donors (Lipinski definition) is 2. The fraction of sp³-hybridized carbons (Fsp3) is 0.240. The van der Waals surface area contributed by atoms with E-state index in [4.69, 9.17) is 5.11 Å². The molecule has 1 atom stereocenters. The van der Waals surface area contributed by atoms with Gasteiger partial charge in [-0.2, -0.15) is 0 Å². The number of carboxylic acid groups (broad SMARTS) is 1. The second kappa shape index (κ2) is 11.0. The monoisotopic (exact) mass is 464 g/mol. The van der Waals surface area contributed by atoms with E-state index >= 15 is 0 Å². The third-order valence-electron chi connectivity index (χ3n) is 5.51. The maximum Gasteiger partial charge on any atom is 0.303 e. The number of aliphatic hydroxyl groups excluding tert-OH is 1. The lowest BCUT2D eigenvalue weighted by Crippen LogP contribution is -2.32. The number of aliphatic carboxylic acids is 1. The molecule has 0 saturated heterocycles. The molecule has 0 unspecified atom stereocenters. The zero-order valence-electron chi connectivity index (χ0n) is 18.3. The van der Waals surface area contributed by atoms with Crippen LogP contribution < -0.4 is 0 Å². The molecule has 1 amide bonds. The molecule has 9 nitrogen and oxygen atoms in total. The highest BCUT2D eigenvalue weighted by molar-refractivity contribution is 6.14. The van der Waals surface area contributed by atoms with Gasteiger partial charge in [-0.1, -0.05) is 42.8 Å². The second-order valence-electron chi connectivity index (χ2n) is 7.82. The Morgan fingerprint density at radius 2 is 1.71 bits per heavy atom. The van der Waals surface area contributed by atoms with Gasteiger partial charge in [-0.25, -0.2) is 0 Å². The number of carbonyl (C=O) groups excluding carboxylic acids is 2. The first-order valence-electron chi connectivity index (χ1n) is 10.8. The molecule has 3 rings (SSSR count). The number of amides is 1. The number of rotatable bonds is 11. The molecular weight excluding hydrogens is 440 g/mol. The summed E-state index contributed by atoms with van der Waals surface area (Å²) in [5.41, 5.74) is 0.974. The van der Waals surface area contributed by atoms with Gasteiger partial charge in [0.1, 0.15) is 0 Å². The molecule has 1 heterocycles. The summed E-state index contributed by atoms with van der Waals surface area (Å²) in [6.45, 7) is 0.184. The summed E-state index contributed by atoms with van der Waals surface area (Å²) in [4.78, 5) is 48.5. The summed E-state index contributed by atoms with van der Waals surface area (Å²) in [6, 6.07) is 13.6. The molecule has 0 spiro atoms. The minimum Gasteiger partial charge on any atom is -0.503 e. The van der Waals surface area contributed by atoms with E-state index in [1.54, 1.807) is 18.2 Å². The maximum absolute atomic E-state index is 13.1. The summed E-state index contributed by atoms with van der Waals surface area (Å²) in [5, 5.41) is 30.4. The Labute approximate surface area is 195 Å². The molecule has 0 radical (unpaired) electrons. The maximum atomic E-state index is 13.1. The van der Waals surface area contributed by atoms with Gasteiger partial charge in [-0.05, 0) is 42.2 Å². The number of nitro benzene ring substituents is 1. The van der Waals surface area contributed by atoms with Crippen molar-refractivity contribution in [3.8, 4) is 0 Å². The molecule has 0 aliphatic carbocycles. The second-order valence-corrected chi connectivity index (χ2v) is 7.82. The number of benzene rings is 2. The number of nitrogens with zero attached hydrogens (tertiary/aromatic N) is 2. The van der Waals surface area contributed by atoms with Crippen molar-refractivity contribution >= 4 is 29.4 Å². The Kier molecular flexibility index (Phi) is 7.92. The van der Waals surface area contributed by atoms with Gasteiger partial charge in [-0.15, -0.1) is 0 Å². The van der Waals surface area contributed by atoms with Gasteiger partial charge in [0.25, 0.3) is 11.6 Å². The smallest absolute Gasteiger partial charge is 0.303 e. The molecule has 9 heteroatoms. The van der Waals surface area contributed by atoms with E-state index in [2.05, 4.69) is 0 Å². The molecular formula is C25H24N2O7. The van der Waals surface area contributed by atoms with Crippen molar-refractivity contribution in [3.63, 3.8) is 0 Å². The van der Waals surface area contributed by atoms with Crippen molar-refractivity contribution in [1.29, 1.82) is 0 Å². The molecule has 0 aromatic heterocycles. The van der Waals surface area contributed by atoms with Crippen molar-refractivity contribution < 1.29 is 29.5 Å². The third-order valence-corrected chi connectivity index (χ3v) is 5.51. The van der Waals surface area contributed by atoms with Crippen LogP contribution in [0.2, 0.25) is 0 Å². The van der Waals surface area contributed by atoms with Crippen LogP contribution in [0.15, 0.2) is 72.0 Å². The summed E-state index contributed by atoms with van der Waals surface area (Å²) < 4.78 is 0. The van der Waals surface area contributed by atoms with Crippen LogP contribution in [0.5, 0.6) is 0 Å². The number of aliphatic hydroxyl groups is 1. The minimum atomic E-state index is -0.916. The highest BCUT2D eigenvalue weighted by atomic mass is 16.6. The van der Waals surface area contributed by atoms with Gasteiger partial charge < -0.3 is 15.1 Å². The number of non-ortho nitro benzene ring substituents is 1. The fourth-order valence-corrected chi connectivity index (χ4v) is 3.82. The first kappa shape index (κ1) is 24.4. The summed E-state index contributed by atoms with van der Waals surface area (Å²) in [7, 11) is 0. The molecule has 34 heavy (non-hydrogen) atoms. The average molecular weight is 464 g/mol. The molecule has 0 fully saturated rings. The lowest BCUT2D eigenvalue weighted by Gasteiger charge is -2.26. The van der Waals surface area contributed by atoms with E-state index in [1.165, 1.54) is 35.2 Å². The van der Waals surface area contributed by atoms with Gasteiger partial charge in [0.05, 0.1) is 16.5 Å². The number of allylic oxidation sites excluding steroid dienone is 1. The average Bonchev–Trinajstić information content (AvgIpc) is 3.08. The lowest BCUT2D eigenvalue weighted by atomic mass is 9.95.